The van der Waals surface area contributed by atoms with Crippen molar-refractivity contribution < 1.29 is 23.1 Å². The third kappa shape index (κ3) is 5.61. The van der Waals surface area contributed by atoms with Crippen LogP contribution >= 0.6 is 0 Å². The minimum atomic E-state index is -0.870. The lowest BCUT2D eigenvalue weighted by Gasteiger charge is -2.39. The minimum Gasteiger partial charge on any atom is -0.381 e. The molecule has 0 atom stereocenters. The van der Waals surface area contributed by atoms with Crippen LogP contribution in [0.4, 0.5) is 30.8 Å². The maximum absolute atomic E-state index is 14.1. The molecular formula is C26H32F2N4O3. The van der Waals surface area contributed by atoms with Crippen LogP contribution in [0.25, 0.3) is 0 Å². The molecule has 0 radical (unpaired) electrons. The van der Waals surface area contributed by atoms with E-state index >= 15 is 0 Å². The van der Waals surface area contributed by atoms with Gasteiger partial charge >= 0.3 is 6.03 Å². The van der Waals surface area contributed by atoms with Gasteiger partial charge in [-0.05, 0) is 55.4 Å². The molecule has 1 aliphatic heterocycles. The first-order valence-electron chi connectivity index (χ1n) is 12.2. The van der Waals surface area contributed by atoms with Crippen molar-refractivity contribution in [3.8, 4) is 0 Å². The van der Waals surface area contributed by atoms with Crippen molar-refractivity contribution in [1.29, 1.82) is 0 Å². The predicted octanol–water partition coefficient (Wildman–Crippen LogP) is 5.27. The molecular weight excluding hydrogens is 454 g/mol. The highest BCUT2D eigenvalue weighted by molar-refractivity contribution is 6.01. The van der Waals surface area contributed by atoms with E-state index in [1.807, 2.05) is 6.07 Å². The van der Waals surface area contributed by atoms with E-state index in [0.717, 1.165) is 56.6 Å². The number of amides is 2. The van der Waals surface area contributed by atoms with Gasteiger partial charge < -0.3 is 25.1 Å². The Morgan fingerprint density at radius 3 is 2.51 bits per heavy atom. The number of aldehydes is 1. The first-order chi connectivity index (χ1) is 16.8. The maximum atomic E-state index is 14.1. The highest BCUT2D eigenvalue weighted by atomic mass is 19.1. The highest BCUT2D eigenvalue weighted by Crippen LogP contribution is 2.43. The van der Waals surface area contributed by atoms with E-state index in [2.05, 4.69) is 29.4 Å². The molecule has 0 bridgehead atoms. The van der Waals surface area contributed by atoms with Crippen molar-refractivity contribution in [1.82, 2.24) is 4.98 Å². The summed E-state index contributed by atoms with van der Waals surface area (Å²) in [7, 11) is 0. The fourth-order valence-corrected chi connectivity index (χ4v) is 4.75. The Morgan fingerprint density at radius 2 is 1.91 bits per heavy atom. The third-order valence-electron chi connectivity index (χ3n) is 6.81. The Morgan fingerprint density at radius 1 is 1.20 bits per heavy atom. The average molecular weight is 487 g/mol. The number of benzene rings is 1. The van der Waals surface area contributed by atoms with Crippen molar-refractivity contribution >= 4 is 29.5 Å². The Kier molecular flexibility index (Phi) is 7.64. The number of halogens is 2. The van der Waals surface area contributed by atoms with Gasteiger partial charge in [-0.25, -0.2) is 18.6 Å². The summed E-state index contributed by atoms with van der Waals surface area (Å²) in [5.41, 5.74) is 0.467. The zero-order valence-corrected chi connectivity index (χ0v) is 20.2. The van der Waals surface area contributed by atoms with E-state index < -0.39 is 23.1 Å². The van der Waals surface area contributed by atoms with Gasteiger partial charge in [0.2, 0.25) is 0 Å². The number of carbonyl (C=O) groups is 2. The molecule has 4 rings (SSSR count). The summed E-state index contributed by atoms with van der Waals surface area (Å²) >= 11 is 0. The number of anilines is 3. The SMILES string of the molecule is CC(C)CN(c1ncc(C2(C=O)CCC2)cc1NC(=O)Nc1ccc(F)cc1F)C1CCOCC1. The summed E-state index contributed by atoms with van der Waals surface area (Å²) in [6.07, 6.45) is 6.80. The summed E-state index contributed by atoms with van der Waals surface area (Å²) in [5, 5.41) is 5.26. The van der Waals surface area contributed by atoms with Gasteiger partial charge in [0.1, 0.15) is 17.9 Å². The van der Waals surface area contributed by atoms with Crippen LogP contribution in [0.3, 0.4) is 0 Å². The smallest absolute Gasteiger partial charge is 0.323 e. The molecule has 1 saturated heterocycles. The van der Waals surface area contributed by atoms with Crippen molar-refractivity contribution in [2.24, 2.45) is 5.92 Å². The minimum absolute atomic E-state index is 0.138. The van der Waals surface area contributed by atoms with Gasteiger partial charge in [0, 0.05) is 38.1 Å². The lowest BCUT2D eigenvalue weighted by molar-refractivity contribution is -0.115. The second kappa shape index (κ2) is 10.7. The van der Waals surface area contributed by atoms with Crippen LogP contribution in [0.1, 0.15) is 51.5 Å². The molecule has 7 nitrogen and oxygen atoms in total. The van der Waals surface area contributed by atoms with E-state index in [4.69, 9.17) is 9.72 Å². The molecule has 1 aromatic carbocycles. The molecule has 0 unspecified atom stereocenters. The first-order valence-corrected chi connectivity index (χ1v) is 12.2. The average Bonchev–Trinajstić information content (AvgIpc) is 2.80. The van der Waals surface area contributed by atoms with Gasteiger partial charge in [-0.1, -0.05) is 20.3 Å². The topological polar surface area (TPSA) is 83.6 Å². The lowest BCUT2D eigenvalue weighted by atomic mass is 9.66. The van der Waals surface area contributed by atoms with Crippen LogP contribution < -0.4 is 15.5 Å². The zero-order chi connectivity index (χ0) is 25.0. The summed E-state index contributed by atoms with van der Waals surface area (Å²) in [6, 6.07) is 4.27. The maximum Gasteiger partial charge on any atom is 0.323 e. The number of hydrogen-bond donors (Lipinski definition) is 2. The van der Waals surface area contributed by atoms with Crippen LogP contribution in [0.15, 0.2) is 30.5 Å². The summed E-state index contributed by atoms with van der Waals surface area (Å²) in [4.78, 5) is 31.8. The van der Waals surface area contributed by atoms with Gasteiger partial charge in [0.15, 0.2) is 5.82 Å². The summed E-state index contributed by atoms with van der Waals surface area (Å²) in [5.74, 6) is -0.662. The van der Waals surface area contributed by atoms with Crippen molar-refractivity contribution in [2.75, 3.05) is 35.3 Å². The Balaban J connectivity index is 1.68. The Bertz CT molecular complexity index is 1070. The van der Waals surface area contributed by atoms with Crippen LogP contribution in [0.5, 0.6) is 0 Å². The van der Waals surface area contributed by atoms with Crippen molar-refractivity contribution in [3.63, 3.8) is 0 Å². The van der Waals surface area contributed by atoms with Gasteiger partial charge in [0.25, 0.3) is 0 Å². The van der Waals surface area contributed by atoms with Crippen LogP contribution in [0.2, 0.25) is 0 Å². The van der Waals surface area contributed by atoms with Crippen LogP contribution in [-0.4, -0.2) is 43.1 Å². The molecule has 2 N–H and O–H groups in total. The molecule has 35 heavy (non-hydrogen) atoms. The van der Waals surface area contributed by atoms with Crippen LogP contribution in [-0.2, 0) is 14.9 Å². The normalized spacial score (nSPS) is 17.5. The van der Waals surface area contributed by atoms with Crippen LogP contribution in [0, 0.1) is 17.6 Å². The second-order valence-corrected chi connectivity index (χ2v) is 9.82. The highest BCUT2D eigenvalue weighted by Gasteiger charge is 2.39. The van der Waals surface area contributed by atoms with Gasteiger partial charge in [-0.3, -0.25) is 0 Å². The number of nitrogens with one attached hydrogen (secondary N) is 2. The van der Waals surface area contributed by atoms with E-state index in [-0.39, 0.29) is 11.7 Å². The zero-order valence-electron chi connectivity index (χ0n) is 20.2. The van der Waals surface area contributed by atoms with Gasteiger partial charge in [-0.15, -0.1) is 0 Å². The largest absolute Gasteiger partial charge is 0.381 e. The van der Waals surface area contributed by atoms with Gasteiger partial charge in [0.05, 0.1) is 16.8 Å². The first kappa shape index (κ1) is 25.0. The monoisotopic (exact) mass is 486 g/mol. The number of carbonyl (C=O) groups excluding carboxylic acids is 2. The number of hydrogen-bond acceptors (Lipinski definition) is 5. The van der Waals surface area contributed by atoms with Crippen molar-refractivity contribution in [3.05, 3.63) is 47.7 Å². The molecule has 1 aliphatic carbocycles. The number of ether oxygens (including phenoxy) is 1. The standard InChI is InChI=1S/C26H32F2N4O3/c1-17(2)15-32(20-6-10-35-11-7-20)24-23(12-18(14-29-24)26(16-33)8-3-9-26)31-25(34)30-22-5-4-19(27)13-21(22)28/h4-5,12-14,16-17,20H,3,6-11,15H2,1-2H3,(H2,30,31,34). The molecule has 1 saturated carbocycles. The number of urea groups is 1. The third-order valence-corrected chi connectivity index (χ3v) is 6.81. The molecule has 2 heterocycles. The number of pyridine rings is 1. The Labute approximate surface area is 204 Å². The molecule has 2 amide bonds. The van der Waals surface area contributed by atoms with Crippen molar-refractivity contribution in [2.45, 2.75) is 57.4 Å². The number of nitrogens with zero attached hydrogens (tertiary/aromatic N) is 2. The number of rotatable bonds is 8. The quantitative estimate of drug-likeness (QED) is 0.497. The molecule has 2 fully saturated rings. The summed E-state index contributed by atoms with van der Waals surface area (Å²) < 4.78 is 32.9. The molecule has 0 spiro atoms. The Hall–Kier alpha value is -3.07. The van der Waals surface area contributed by atoms with E-state index in [1.54, 1.807) is 6.20 Å². The summed E-state index contributed by atoms with van der Waals surface area (Å²) in [6.45, 7) is 6.26. The lowest BCUT2D eigenvalue weighted by Crippen LogP contribution is -2.43. The van der Waals surface area contributed by atoms with E-state index in [0.29, 0.717) is 36.7 Å². The molecule has 1 aromatic heterocycles. The second-order valence-electron chi connectivity index (χ2n) is 9.82. The molecule has 2 aromatic rings. The van der Waals surface area contributed by atoms with Gasteiger partial charge in [-0.2, -0.15) is 0 Å². The molecule has 9 heteroatoms. The predicted molar refractivity (Wildman–Crippen MR) is 131 cm³/mol. The van der Waals surface area contributed by atoms with E-state index in [1.165, 1.54) is 6.07 Å². The fraction of sp³-hybridized carbons (Fsp3) is 0.500. The fourth-order valence-electron chi connectivity index (χ4n) is 4.75. The molecule has 2 aliphatic rings. The molecule has 188 valence electrons. The van der Waals surface area contributed by atoms with E-state index in [9.17, 15) is 18.4 Å². The number of aromatic nitrogens is 1.